The zero-order valence-electron chi connectivity index (χ0n) is 11.6. The van der Waals surface area contributed by atoms with E-state index >= 15 is 0 Å². The van der Waals surface area contributed by atoms with Gasteiger partial charge in [-0.3, -0.25) is 0 Å². The molecule has 0 aliphatic rings. The molecule has 4 aromatic rings. The summed E-state index contributed by atoms with van der Waals surface area (Å²) in [5.41, 5.74) is 6.21. The number of hydrogen-bond acceptors (Lipinski definition) is 0. The fourth-order valence-corrected chi connectivity index (χ4v) is 2.88. The first kappa shape index (κ1) is 12.0. The Bertz CT molecular complexity index is 888. The monoisotopic (exact) mass is 269 g/mol. The van der Waals surface area contributed by atoms with Gasteiger partial charge in [-0.15, -0.1) is 0 Å². The van der Waals surface area contributed by atoms with Crippen molar-refractivity contribution in [3.8, 4) is 22.3 Å². The Kier molecular flexibility index (Phi) is 2.82. The Hall–Kier alpha value is -2.80. The molecule has 3 aromatic carbocycles. The minimum Gasteiger partial charge on any atom is -0.361 e. The molecule has 1 heteroatoms. The number of nitrogens with one attached hydrogen (secondary N) is 1. The minimum absolute atomic E-state index is 1.18. The summed E-state index contributed by atoms with van der Waals surface area (Å²) in [6, 6.07) is 27.6. The molecule has 0 bridgehead atoms. The number of hydrogen-bond donors (Lipinski definition) is 1. The number of para-hydroxylation sites is 1. The summed E-state index contributed by atoms with van der Waals surface area (Å²) in [4.78, 5) is 3.37. The average molecular weight is 269 g/mol. The second-order valence-electron chi connectivity index (χ2n) is 5.16. The molecule has 1 heterocycles. The van der Waals surface area contributed by atoms with Gasteiger partial charge < -0.3 is 4.98 Å². The Morgan fingerprint density at radius 2 is 1.19 bits per heavy atom. The van der Waals surface area contributed by atoms with E-state index in [1.54, 1.807) is 0 Å². The molecule has 0 spiro atoms. The van der Waals surface area contributed by atoms with Crippen LogP contribution in [-0.2, 0) is 0 Å². The Morgan fingerprint density at radius 1 is 0.524 bits per heavy atom. The number of fused-ring (bicyclic) bond motifs is 1. The van der Waals surface area contributed by atoms with E-state index in [1.807, 2.05) is 0 Å². The second kappa shape index (κ2) is 4.95. The lowest BCUT2D eigenvalue weighted by Gasteiger charge is -2.09. The first-order chi connectivity index (χ1) is 10.4. The number of benzene rings is 3. The highest BCUT2D eigenvalue weighted by molar-refractivity contribution is 5.99. The largest absolute Gasteiger partial charge is 0.361 e. The van der Waals surface area contributed by atoms with Crippen molar-refractivity contribution in [3.63, 3.8) is 0 Å². The van der Waals surface area contributed by atoms with E-state index in [2.05, 4.69) is 90.0 Å². The summed E-state index contributed by atoms with van der Waals surface area (Å²) in [6.07, 6.45) is 2.10. The molecule has 21 heavy (non-hydrogen) atoms. The summed E-state index contributed by atoms with van der Waals surface area (Å²) >= 11 is 0. The van der Waals surface area contributed by atoms with Gasteiger partial charge >= 0.3 is 0 Å². The highest BCUT2D eigenvalue weighted by atomic mass is 14.7. The molecule has 100 valence electrons. The van der Waals surface area contributed by atoms with Crippen LogP contribution >= 0.6 is 0 Å². The number of rotatable bonds is 2. The predicted molar refractivity (Wildman–Crippen MR) is 89.2 cm³/mol. The molecule has 0 amide bonds. The predicted octanol–water partition coefficient (Wildman–Crippen LogP) is 5.50. The maximum absolute atomic E-state index is 3.37. The highest BCUT2D eigenvalue weighted by Gasteiger charge is 2.10. The quantitative estimate of drug-likeness (QED) is 0.494. The topological polar surface area (TPSA) is 15.8 Å². The number of aromatic nitrogens is 1. The van der Waals surface area contributed by atoms with Crippen molar-refractivity contribution in [1.82, 2.24) is 4.98 Å². The zero-order valence-corrected chi connectivity index (χ0v) is 11.6. The van der Waals surface area contributed by atoms with E-state index < -0.39 is 0 Å². The molecule has 0 unspecified atom stereocenters. The van der Waals surface area contributed by atoms with Gasteiger partial charge in [-0.1, -0.05) is 72.8 Å². The Balaban J connectivity index is 1.98. The van der Waals surface area contributed by atoms with E-state index in [0.29, 0.717) is 0 Å². The van der Waals surface area contributed by atoms with E-state index in [-0.39, 0.29) is 0 Å². The van der Waals surface area contributed by atoms with Crippen LogP contribution in [0.3, 0.4) is 0 Å². The van der Waals surface area contributed by atoms with Crippen LogP contribution in [0, 0.1) is 0 Å². The summed E-state index contributed by atoms with van der Waals surface area (Å²) in [7, 11) is 0. The summed E-state index contributed by atoms with van der Waals surface area (Å²) in [5, 5.41) is 1.26. The lowest BCUT2D eigenvalue weighted by Crippen LogP contribution is -1.83. The highest BCUT2D eigenvalue weighted by Crippen LogP contribution is 2.35. The third-order valence-corrected chi connectivity index (χ3v) is 3.89. The van der Waals surface area contributed by atoms with E-state index in [0.717, 1.165) is 0 Å². The van der Waals surface area contributed by atoms with Gasteiger partial charge in [-0.25, -0.2) is 0 Å². The van der Waals surface area contributed by atoms with Gasteiger partial charge in [0, 0.05) is 22.7 Å². The Morgan fingerprint density at radius 3 is 2.05 bits per heavy atom. The third kappa shape index (κ3) is 2.03. The maximum Gasteiger partial charge on any atom is 0.0460 e. The van der Waals surface area contributed by atoms with E-state index in [4.69, 9.17) is 0 Å². The van der Waals surface area contributed by atoms with Crippen LogP contribution in [0.15, 0.2) is 85.1 Å². The van der Waals surface area contributed by atoms with Crippen molar-refractivity contribution in [2.75, 3.05) is 0 Å². The molecule has 4 rings (SSSR count). The van der Waals surface area contributed by atoms with Crippen LogP contribution in [0.5, 0.6) is 0 Å². The lowest BCUT2D eigenvalue weighted by molar-refractivity contribution is 1.47. The smallest absolute Gasteiger partial charge is 0.0460 e. The molecule has 1 aromatic heterocycles. The molecule has 0 saturated heterocycles. The molecule has 0 saturated carbocycles. The second-order valence-corrected chi connectivity index (χ2v) is 5.16. The SMILES string of the molecule is c1ccc(-c2ccccc2-c2c[nH]c3ccccc23)cc1. The molecule has 1 N–H and O–H groups in total. The fraction of sp³-hybridized carbons (Fsp3) is 0. The normalized spacial score (nSPS) is 10.9. The van der Waals surface area contributed by atoms with Gasteiger partial charge in [0.25, 0.3) is 0 Å². The number of H-pyrrole nitrogens is 1. The lowest BCUT2D eigenvalue weighted by atomic mass is 9.94. The van der Waals surface area contributed by atoms with Gasteiger partial charge in [-0.05, 0) is 22.8 Å². The van der Waals surface area contributed by atoms with Crippen LogP contribution in [0.2, 0.25) is 0 Å². The standard InChI is InChI=1S/C20H15N/c1-2-8-15(9-3-1)16-10-4-5-11-17(16)19-14-21-20-13-7-6-12-18(19)20/h1-14,21H. The molecule has 0 aliphatic heterocycles. The van der Waals surface area contributed by atoms with Gasteiger partial charge in [0.15, 0.2) is 0 Å². The van der Waals surface area contributed by atoms with Gasteiger partial charge in [0.2, 0.25) is 0 Å². The summed E-state index contributed by atoms with van der Waals surface area (Å²) in [6.45, 7) is 0. The van der Waals surface area contributed by atoms with Crippen LogP contribution in [0.4, 0.5) is 0 Å². The zero-order chi connectivity index (χ0) is 14.1. The van der Waals surface area contributed by atoms with E-state index in [9.17, 15) is 0 Å². The fourth-order valence-electron chi connectivity index (χ4n) is 2.88. The Labute approximate surface area is 123 Å². The van der Waals surface area contributed by atoms with Crippen molar-refractivity contribution >= 4 is 10.9 Å². The van der Waals surface area contributed by atoms with Crippen LogP contribution in [0.25, 0.3) is 33.2 Å². The first-order valence-electron chi connectivity index (χ1n) is 7.14. The molecule has 1 nitrogen and oxygen atoms in total. The average Bonchev–Trinajstić information content (AvgIpc) is 3.00. The molecular weight excluding hydrogens is 254 g/mol. The minimum atomic E-state index is 1.18. The van der Waals surface area contributed by atoms with Gasteiger partial charge in [-0.2, -0.15) is 0 Å². The van der Waals surface area contributed by atoms with Gasteiger partial charge in [0.1, 0.15) is 0 Å². The third-order valence-electron chi connectivity index (χ3n) is 3.89. The summed E-state index contributed by atoms with van der Waals surface area (Å²) < 4.78 is 0. The van der Waals surface area contributed by atoms with Crippen LogP contribution in [0.1, 0.15) is 0 Å². The number of aromatic amines is 1. The van der Waals surface area contributed by atoms with Crippen molar-refractivity contribution < 1.29 is 0 Å². The molecule has 0 atom stereocenters. The molecule has 0 radical (unpaired) electrons. The molecule has 0 aliphatic carbocycles. The summed E-state index contributed by atoms with van der Waals surface area (Å²) in [5.74, 6) is 0. The van der Waals surface area contributed by atoms with E-state index in [1.165, 1.54) is 33.2 Å². The molecule has 0 fully saturated rings. The first-order valence-corrected chi connectivity index (χ1v) is 7.14. The maximum atomic E-state index is 3.37. The molecular formula is C20H15N. The van der Waals surface area contributed by atoms with Crippen LogP contribution < -0.4 is 0 Å². The van der Waals surface area contributed by atoms with Crippen molar-refractivity contribution in [1.29, 1.82) is 0 Å². The van der Waals surface area contributed by atoms with Crippen molar-refractivity contribution in [3.05, 3.63) is 85.1 Å². The van der Waals surface area contributed by atoms with Crippen molar-refractivity contribution in [2.24, 2.45) is 0 Å². The van der Waals surface area contributed by atoms with Crippen LogP contribution in [-0.4, -0.2) is 4.98 Å². The van der Waals surface area contributed by atoms with Gasteiger partial charge in [0.05, 0.1) is 0 Å². The van der Waals surface area contributed by atoms with Crippen molar-refractivity contribution in [2.45, 2.75) is 0 Å².